The molecule has 1 heterocycles. The lowest BCUT2D eigenvalue weighted by molar-refractivity contribution is 0.0508. The maximum atomic E-state index is 11.4. The number of aromatic nitrogens is 2. The minimum absolute atomic E-state index is 0.0743. The molecular formula is C12H13N3O3. The van der Waals surface area contributed by atoms with Crippen molar-refractivity contribution in [3.8, 4) is 11.5 Å². The smallest absolute Gasteiger partial charge is 0.379 e. The second kappa shape index (κ2) is 5.42. The molecule has 6 nitrogen and oxygen atoms in total. The molecular weight excluding hydrogens is 234 g/mol. The van der Waals surface area contributed by atoms with Gasteiger partial charge in [-0.1, -0.05) is 12.1 Å². The Bertz CT molecular complexity index is 534. The topological polar surface area (TPSA) is 91.2 Å². The van der Waals surface area contributed by atoms with Gasteiger partial charge in [0, 0.05) is 12.1 Å². The fraction of sp³-hybridized carbons (Fsp3) is 0.250. The van der Waals surface area contributed by atoms with E-state index in [4.69, 9.17) is 15.0 Å². The second-order valence-corrected chi connectivity index (χ2v) is 3.54. The average Bonchev–Trinajstić information content (AvgIpc) is 2.89. The zero-order chi connectivity index (χ0) is 13.0. The highest BCUT2D eigenvalue weighted by atomic mass is 16.5. The molecule has 18 heavy (non-hydrogen) atoms. The van der Waals surface area contributed by atoms with Crippen molar-refractivity contribution in [2.24, 2.45) is 5.73 Å². The number of carbonyl (C=O) groups excluding carboxylic acids is 1. The number of hydrogen-bond donors (Lipinski definition) is 1. The van der Waals surface area contributed by atoms with Crippen LogP contribution < -0.4 is 5.73 Å². The van der Waals surface area contributed by atoms with Crippen molar-refractivity contribution in [2.45, 2.75) is 13.5 Å². The Morgan fingerprint density at radius 3 is 2.72 bits per heavy atom. The van der Waals surface area contributed by atoms with E-state index in [2.05, 4.69) is 10.1 Å². The summed E-state index contributed by atoms with van der Waals surface area (Å²) in [5.41, 5.74) is 7.24. The van der Waals surface area contributed by atoms with E-state index >= 15 is 0 Å². The molecule has 0 unspecified atom stereocenters. The molecule has 0 aliphatic carbocycles. The van der Waals surface area contributed by atoms with Crippen LogP contribution in [0.4, 0.5) is 0 Å². The number of nitrogens with zero attached hydrogens (tertiary/aromatic N) is 2. The van der Waals surface area contributed by atoms with Crippen LogP contribution >= 0.6 is 0 Å². The largest absolute Gasteiger partial charge is 0.460 e. The number of esters is 1. The average molecular weight is 247 g/mol. The standard InChI is InChI=1S/C12H13N3O3/c1-2-17-12(16)10-14-11(18-15-10)9-5-3-8(7-13)4-6-9/h3-6H,2,7,13H2,1H3. The number of rotatable bonds is 4. The van der Waals surface area contributed by atoms with Gasteiger partial charge in [-0.25, -0.2) is 4.79 Å². The van der Waals surface area contributed by atoms with E-state index in [0.717, 1.165) is 11.1 Å². The predicted octanol–water partition coefficient (Wildman–Crippen LogP) is 1.37. The number of hydrogen-bond acceptors (Lipinski definition) is 6. The Labute approximate surface area is 104 Å². The van der Waals surface area contributed by atoms with Crippen LogP contribution in [0.3, 0.4) is 0 Å². The lowest BCUT2D eigenvalue weighted by atomic mass is 10.1. The van der Waals surface area contributed by atoms with Gasteiger partial charge in [-0.3, -0.25) is 0 Å². The molecule has 0 amide bonds. The van der Waals surface area contributed by atoms with E-state index in [1.165, 1.54) is 0 Å². The Kier molecular flexibility index (Phi) is 3.69. The summed E-state index contributed by atoms with van der Waals surface area (Å²) in [6.45, 7) is 2.45. The zero-order valence-electron chi connectivity index (χ0n) is 9.92. The molecule has 0 saturated carbocycles. The van der Waals surface area contributed by atoms with Gasteiger partial charge >= 0.3 is 5.97 Å². The first kappa shape index (κ1) is 12.3. The molecule has 2 aromatic rings. The first-order valence-electron chi connectivity index (χ1n) is 5.54. The molecule has 0 aliphatic heterocycles. The van der Waals surface area contributed by atoms with E-state index in [-0.39, 0.29) is 18.3 Å². The van der Waals surface area contributed by atoms with Gasteiger partial charge in [0.2, 0.25) is 0 Å². The molecule has 0 atom stereocenters. The van der Waals surface area contributed by atoms with Crippen molar-refractivity contribution in [2.75, 3.05) is 6.61 Å². The number of carbonyl (C=O) groups is 1. The van der Waals surface area contributed by atoms with Gasteiger partial charge in [0.25, 0.3) is 11.7 Å². The van der Waals surface area contributed by atoms with Crippen LogP contribution in [0.5, 0.6) is 0 Å². The van der Waals surface area contributed by atoms with Crippen LogP contribution in [0.1, 0.15) is 23.1 Å². The molecule has 0 aliphatic rings. The summed E-state index contributed by atoms with van der Waals surface area (Å²) in [5, 5.41) is 3.57. The van der Waals surface area contributed by atoms with Crippen molar-refractivity contribution in [3.63, 3.8) is 0 Å². The minimum Gasteiger partial charge on any atom is -0.460 e. The fourth-order valence-corrected chi connectivity index (χ4v) is 1.40. The maximum Gasteiger partial charge on any atom is 0.379 e. The van der Waals surface area contributed by atoms with E-state index < -0.39 is 5.97 Å². The SMILES string of the molecule is CCOC(=O)c1noc(-c2ccc(CN)cc2)n1. The highest BCUT2D eigenvalue weighted by Crippen LogP contribution is 2.17. The zero-order valence-corrected chi connectivity index (χ0v) is 9.92. The lowest BCUT2D eigenvalue weighted by Gasteiger charge is -1.97. The Balaban J connectivity index is 2.20. The van der Waals surface area contributed by atoms with Gasteiger partial charge in [-0.2, -0.15) is 4.98 Å². The molecule has 6 heteroatoms. The van der Waals surface area contributed by atoms with Gasteiger partial charge in [-0.05, 0) is 29.8 Å². The third kappa shape index (κ3) is 2.54. The van der Waals surface area contributed by atoms with Crippen molar-refractivity contribution >= 4 is 5.97 Å². The van der Waals surface area contributed by atoms with Crippen LogP contribution in [-0.4, -0.2) is 22.7 Å². The lowest BCUT2D eigenvalue weighted by Crippen LogP contribution is -2.06. The summed E-state index contributed by atoms with van der Waals surface area (Å²) in [6, 6.07) is 7.35. The molecule has 94 valence electrons. The normalized spacial score (nSPS) is 10.3. The van der Waals surface area contributed by atoms with Crippen molar-refractivity contribution in [1.29, 1.82) is 0 Å². The summed E-state index contributed by atoms with van der Waals surface area (Å²) in [7, 11) is 0. The number of ether oxygens (including phenoxy) is 1. The summed E-state index contributed by atoms with van der Waals surface area (Å²) < 4.78 is 9.77. The van der Waals surface area contributed by atoms with Crippen molar-refractivity contribution in [3.05, 3.63) is 35.7 Å². The molecule has 1 aromatic heterocycles. The van der Waals surface area contributed by atoms with Crippen molar-refractivity contribution < 1.29 is 14.1 Å². The molecule has 0 spiro atoms. The molecule has 0 fully saturated rings. The minimum atomic E-state index is -0.592. The number of nitrogens with two attached hydrogens (primary N) is 1. The first-order valence-corrected chi connectivity index (χ1v) is 5.54. The van der Waals surface area contributed by atoms with Crippen LogP contribution in [0.15, 0.2) is 28.8 Å². The molecule has 2 rings (SSSR count). The van der Waals surface area contributed by atoms with E-state index in [9.17, 15) is 4.79 Å². The van der Waals surface area contributed by atoms with E-state index in [1.54, 1.807) is 6.92 Å². The van der Waals surface area contributed by atoms with Gasteiger partial charge in [0.15, 0.2) is 0 Å². The highest BCUT2D eigenvalue weighted by molar-refractivity contribution is 5.85. The van der Waals surface area contributed by atoms with Crippen LogP contribution in [-0.2, 0) is 11.3 Å². The van der Waals surface area contributed by atoms with Gasteiger partial charge < -0.3 is 15.0 Å². The monoisotopic (exact) mass is 247 g/mol. The summed E-state index contributed by atoms with van der Waals surface area (Å²) in [4.78, 5) is 15.3. The predicted molar refractivity (Wildman–Crippen MR) is 63.6 cm³/mol. The summed E-state index contributed by atoms with van der Waals surface area (Å²) in [6.07, 6.45) is 0. The van der Waals surface area contributed by atoms with E-state index in [1.807, 2.05) is 24.3 Å². The summed E-state index contributed by atoms with van der Waals surface area (Å²) >= 11 is 0. The Morgan fingerprint density at radius 1 is 1.39 bits per heavy atom. The second-order valence-electron chi connectivity index (χ2n) is 3.54. The molecule has 0 saturated heterocycles. The fourth-order valence-electron chi connectivity index (χ4n) is 1.40. The van der Waals surface area contributed by atoms with Gasteiger partial charge in [0.05, 0.1) is 6.61 Å². The van der Waals surface area contributed by atoms with Gasteiger partial charge in [0.1, 0.15) is 0 Å². The molecule has 2 N–H and O–H groups in total. The molecule has 1 aromatic carbocycles. The third-order valence-corrected chi connectivity index (χ3v) is 2.32. The highest BCUT2D eigenvalue weighted by Gasteiger charge is 2.16. The quantitative estimate of drug-likeness (QED) is 0.820. The Morgan fingerprint density at radius 2 is 2.11 bits per heavy atom. The van der Waals surface area contributed by atoms with Crippen LogP contribution in [0.2, 0.25) is 0 Å². The summed E-state index contributed by atoms with van der Waals surface area (Å²) in [5.74, 6) is -0.387. The Hall–Kier alpha value is -2.21. The number of benzene rings is 1. The van der Waals surface area contributed by atoms with Crippen LogP contribution in [0, 0.1) is 0 Å². The maximum absolute atomic E-state index is 11.4. The third-order valence-electron chi connectivity index (χ3n) is 2.32. The molecule has 0 radical (unpaired) electrons. The van der Waals surface area contributed by atoms with E-state index in [0.29, 0.717) is 6.54 Å². The first-order chi connectivity index (χ1) is 8.74. The molecule has 0 bridgehead atoms. The van der Waals surface area contributed by atoms with Gasteiger partial charge in [-0.15, -0.1) is 0 Å². The van der Waals surface area contributed by atoms with Crippen LogP contribution in [0.25, 0.3) is 11.5 Å². The van der Waals surface area contributed by atoms with Crippen molar-refractivity contribution in [1.82, 2.24) is 10.1 Å².